The zero-order valence-corrected chi connectivity index (χ0v) is 23.4. The normalized spacial score (nSPS) is 12.2. The Morgan fingerprint density at radius 3 is 2.61 bits per heavy atom. The maximum atomic E-state index is 13.5. The molecule has 0 fully saturated rings. The van der Waals surface area contributed by atoms with Crippen molar-refractivity contribution in [2.24, 2.45) is 0 Å². The minimum atomic E-state index is -4.52. The molecule has 0 spiro atoms. The highest BCUT2D eigenvalue weighted by Gasteiger charge is 2.29. The summed E-state index contributed by atoms with van der Waals surface area (Å²) in [6.07, 6.45) is -3.26. The third-order valence-corrected chi connectivity index (χ3v) is 7.34. The largest absolute Gasteiger partial charge is 0.484 e. The molecule has 0 N–H and O–H groups in total. The van der Waals surface area contributed by atoms with E-state index in [0.29, 0.717) is 16.1 Å². The number of para-hydroxylation sites is 2. The third-order valence-electron chi connectivity index (χ3n) is 5.89. The number of rotatable bonds is 9. The fourth-order valence-corrected chi connectivity index (χ4v) is 5.23. The standard InChI is InChI=1S/C27H24ClF3N4O5S/c1-17-21(32-11-10-23(17)40-16-27(29,30)31)15-41(38)25-33-20-8-3-4-9-22(20)35(25)26(37)34(2)12-13-39-24(36)18-6-5-7-19(28)14-18/h3-11,14H,12-13,15-16H2,1-2H3/t41-/m1/s1. The van der Waals surface area contributed by atoms with Crippen molar-refractivity contribution in [3.05, 3.63) is 82.6 Å². The van der Waals surface area contributed by atoms with E-state index in [2.05, 4.69) is 9.97 Å². The number of hydrogen-bond donors (Lipinski definition) is 0. The highest BCUT2D eigenvalue weighted by Crippen LogP contribution is 2.26. The summed E-state index contributed by atoms with van der Waals surface area (Å²) >= 11 is 5.91. The monoisotopic (exact) mass is 608 g/mol. The smallest absolute Gasteiger partial charge is 0.422 e. The number of likely N-dealkylation sites (N-methyl/N-ethyl adjacent to an activating group) is 1. The van der Waals surface area contributed by atoms with Gasteiger partial charge in [-0.1, -0.05) is 29.8 Å². The average Bonchev–Trinajstić information content (AvgIpc) is 3.32. The summed E-state index contributed by atoms with van der Waals surface area (Å²) in [6, 6.07) is 13.7. The van der Waals surface area contributed by atoms with Crippen LogP contribution >= 0.6 is 11.6 Å². The molecule has 0 unspecified atom stereocenters. The number of pyridine rings is 1. The Morgan fingerprint density at radius 1 is 1.12 bits per heavy atom. The van der Waals surface area contributed by atoms with Gasteiger partial charge in [-0.25, -0.2) is 19.1 Å². The summed E-state index contributed by atoms with van der Waals surface area (Å²) in [7, 11) is -0.439. The van der Waals surface area contributed by atoms with Crippen molar-refractivity contribution in [3.63, 3.8) is 0 Å². The van der Waals surface area contributed by atoms with Crippen LogP contribution in [0.2, 0.25) is 5.02 Å². The minimum absolute atomic E-state index is 0.0168. The molecule has 0 aliphatic carbocycles. The number of amides is 1. The molecule has 4 rings (SSSR count). The third kappa shape index (κ3) is 7.41. The second-order valence-corrected chi connectivity index (χ2v) is 10.6. The Morgan fingerprint density at radius 2 is 1.88 bits per heavy atom. The van der Waals surface area contributed by atoms with Crippen molar-refractivity contribution >= 4 is 45.4 Å². The molecule has 2 aromatic carbocycles. The highest BCUT2D eigenvalue weighted by molar-refractivity contribution is 7.84. The topological polar surface area (TPSA) is 104 Å². The van der Waals surface area contributed by atoms with E-state index in [-0.39, 0.29) is 46.6 Å². The predicted octanol–water partition coefficient (Wildman–Crippen LogP) is 5.40. The van der Waals surface area contributed by atoms with Crippen LogP contribution in [0.1, 0.15) is 21.6 Å². The fourth-order valence-electron chi connectivity index (χ4n) is 3.79. The van der Waals surface area contributed by atoms with Gasteiger partial charge in [0.15, 0.2) is 6.61 Å². The zero-order valence-electron chi connectivity index (χ0n) is 21.9. The number of nitrogens with zero attached hydrogens (tertiary/aromatic N) is 4. The van der Waals surface area contributed by atoms with Crippen LogP contribution in [0.25, 0.3) is 11.0 Å². The first-order valence-corrected chi connectivity index (χ1v) is 13.8. The van der Waals surface area contributed by atoms with E-state index in [9.17, 15) is 27.0 Å². The molecule has 0 bridgehead atoms. The van der Waals surface area contributed by atoms with Crippen molar-refractivity contribution in [1.29, 1.82) is 0 Å². The van der Waals surface area contributed by atoms with Crippen LogP contribution in [0.5, 0.6) is 5.75 Å². The van der Waals surface area contributed by atoms with Crippen LogP contribution in [0.15, 0.2) is 66.0 Å². The Kier molecular flexibility index (Phi) is 9.28. The molecule has 0 aliphatic heterocycles. The number of benzene rings is 2. The maximum absolute atomic E-state index is 13.5. The number of alkyl halides is 3. The highest BCUT2D eigenvalue weighted by atomic mass is 35.5. The predicted molar refractivity (Wildman–Crippen MR) is 146 cm³/mol. The van der Waals surface area contributed by atoms with E-state index in [0.717, 1.165) is 0 Å². The zero-order chi connectivity index (χ0) is 29.7. The lowest BCUT2D eigenvalue weighted by molar-refractivity contribution is -0.153. The molecule has 1 amide bonds. The molecule has 0 aliphatic rings. The summed E-state index contributed by atoms with van der Waals surface area (Å²) in [4.78, 5) is 35.6. The maximum Gasteiger partial charge on any atom is 0.422 e. The molecular formula is C27H24ClF3N4O5S. The molecule has 2 heterocycles. The van der Waals surface area contributed by atoms with Gasteiger partial charge in [0, 0.05) is 23.8 Å². The Hall–Kier alpha value is -3.97. The lowest BCUT2D eigenvalue weighted by Gasteiger charge is -2.19. The molecule has 0 saturated carbocycles. The molecule has 0 saturated heterocycles. The van der Waals surface area contributed by atoms with Gasteiger partial charge in [-0.15, -0.1) is 0 Å². The van der Waals surface area contributed by atoms with Crippen LogP contribution in [0.4, 0.5) is 18.0 Å². The molecule has 9 nitrogen and oxygen atoms in total. The summed E-state index contributed by atoms with van der Waals surface area (Å²) in [6.45, 7) is -0.0707. The van der Waals surface area contributed by atoms with Crippen molar-refractivity contribution in [3.8, 4) is 5.75 Å². The number of halogens is 4. The molecule has 2 aromatic heterocycles. The van der Waals surface area contributed by atoms with Gasteiger partial charge in [-0.05, 0) is 43.3 Å². The second kappa shape index (κ2) is 12.7. The Labute approximate surface area is 240 Å². The van der Waals surface area contributed by atoms with Gasteiger partial charge < -0.3 is 14.4 Å². The Balaban J connectivity index is 1.52. The molecule has 216 valence electrons. The van der Waals surface area contributed by atoms with E-state index in [1.807, 2.05) is 0 Å². The Bertz CT molecular complexity index is 1610. The number of fused-ring (bicyclic) bond motifs is 1. The fraction of sp³-hybridized carbons (Fsp3) is 0.259. The molecule has 1 atom stereocenters. The van der Waals surface area contributed by atoms with Crippen LogP contribution in [-0.4, -0.2) is 68.6 Å². The molecule has 41 heavy (non-hydrogen) atoms. The van der Waals surface area contributed by atoms with Gasteiger partial charge in [-0.3, -0.25) is 9.19 Å². The lowest BCUT2D eigenvalue weighted by atomic mass is 10.2. The summed E-state index contributed by atoms with van der Waals surface area (Å²) in [5, 5.41) is 0.312. The summed E-state index contributed by atoms with van der Waals surface area (Å²) < 4.78 is 62.8. The second-order valence-electron chi connectivity index (χ2n) is 8.84. The van der Waals surface area contributed by atoms with Gasteiger partial charge in [0.05, 0.1) is 45.4 Å². The number of hydrogen-bond acceptors (Lipinski definition) is 7. The van der Waals surface area contributed by atoms with Gasteiger partial charge in [0.25, 0.3) is 0 Å². The minimum Gasteiger partial charge on any atom is -0.484 e. The van der Waals surface area contributed by atoms with Crippen molar-refractivity contribution in [1.82, 2.24) is 19.4 Å². The average molecular weight is 609 g/mol. The van der Waals surface area contributed by atoms with E-state index < -0.39 is 35.6 Å². The number of carbonyl (C=O) groups is 2. The van der Waals surface area contributed by atoms with Crippen LogP contribution in [0, 0.1) is 6.92 Å². The van der Waals surface area contributed by atoms with Gasteiger partial charge in [-0.2, -0.15) is 13.2 Å². The summed E-state index contributed by atoms with van der Waals surface area (Å²) in [5.41, 5.74) is 1.60. The van der Waals surface area contributed by atoms with Crippen molar-refractivity contribution in [2.75, 3.05) is 26.8 Å². The van der Waals surface area contributed by atoms with E-state index in [1.54, 1.807) is 42.5 Å². The molecule has 0 radical (unpaired) electrons. The van der Waals surface area contributed by atoms with Crippen LogP contribution in [0.3, 0.4) is 0 Å². The number of esters is 1. The summed E-state index contributed by atoms with van der Waals surface area (Å²) in [5.74, 6) is -0.874. The van der Waals surface area contributed by atoms with E-state index in [1.165, 1.54) is 41.8 Å². The first kappa shape index (κ1) is 30.0. The van der Waals surface area contributed by atoms with E-state index >= 15 is 0 Å². The number of aromatic nitrogens is 3. The first-order chi connectivity index (χ1) is 19.4. The van der Waals surface area contributed by atoms with Crippen molar-refractivity contribution < 1.29 is 36.4 Å². The van der Waals surface area contributed by atoms with Crippen LogP contribution < -0.4 is 4.74 Å². The van der Waals surface area contributed by atoms with Gasteiger partial charge >= 0.3 is 18.2 Å². The van der Waals surface area contributed by atoms with Gasteiger partial charge in [0.1, 0.15) is 12.4 Å². The molecule has 4 aromatic rings. The SMILES string of the molecule is Cc1c(OCC(F)(F)F)ccnc1C[S@@](=O)c1nc2ccccc2n1C(=O)N(C)CCOC(=O)c1cccc(Cl)c1. The number of imidazole rings is 1. The van der Waals surface area contributed by atoms with Gasteiger partial charge in [0.2, 0.25) is 5.16 Å². The first-order valence-electron chi connectivity index (χ1n) is 12.1. The van der Waals surface area contributed by atoms with E-state index in [4.69, 9.17) is 21.1 Å². The molecular weight excluding hydrogens is 585 g/mol. The number of ether oxygens (including phenoxy) is 2. The van der Waals surface area contributed by atoms with Crippen molar-refractivity contribution in [2.45, 2.75) is 24.0 Å². The quantitative estimate of drug-likeness (QED) is 0.234. The molecule has 14 heteroatoms. The van der Waals surface area contributed by atoms with Crippen LogP contribution in [-0.2, 0) is 21.3 Å². The lowest BCUT2D eigenvalue weighted by Crippen LogP contribution is -2.35. The number of carbonyl (C=O) groups excluding carboxylic acids is 2.